The number of rotatable bonds is 20. The average Bonchev–Trinajstić information content (AvgIpc) is 3.37. The maximum absolute atomic E-state index is 14.1. The Balaban J connectivity index is 0.000000202. The number of ether oxygens (including phenoxy) is 10. The van der Waals surface area contributed by atoms with Gasteiger partial charge in [0.15, 0.2) is 66.0 Å². The van der Waals surface area contributed by atoms with Gasteiger partial charge in [0.25, 0.3) is 0 Å². The number of hydrogen-bond donors (Lipinski definition) is 0. The van der Waals surface area contributed by atoms with Crippen molar-refractivity contribution in [2.75, 3.05) is 104 Å². The molecule has 30 nitrogen and oxygen atoms in total. The van der Waals surface area contributed by atoms with E-state index in [1.807, 2.05) is 27.7 Å². The fourth-order valence-electron chi connectivity index (χ4n) is 10.1. The van der Waals surface area contributed by atoms with Gasteiger partial charge in [-0.15, -0.1) is 20.4 Å². The van der Waals surface area contributed by atoms with Gasteiger partial charge in [-0.05, 0) is 40.5 Å². The minimum Gasteiger partial charge on any atom is -0.479 e. The van der Waals surface area contributed by atoms with E-state index in [2.05, 4.69) is 60.3 Å². The molecule has 6 aromatic heterocycles. The molecule has 0 saturated carbocycles. The van der Waals surface area contributed by atoms with Crippen LogP contribution in [0.4, 0.5) is 20.7 Å². The maximum atomic E-state index is 14.1. The first kappa shape index (κ1) is 61.5. The smallest absolute Gasteiger partial charge is 0.245 e. The standard InChI is InChI=1S/2C25H33FN8O7S/c2*1-15(2)41-17-7-18(11-33(10-17)25-27-8-16(26)9-28-25)42(35,36)13-20-31-32-22(19-12-39-5-6-40-19)34(20)21-23(37-3)29-14-30-24(21)38-4/h2*8-9,14-15,17-19H,5-7,10-13H2,1-4H3/t17-,18+,19+;17-,18+,19-/m00/s1. The molecule has 4 aliphatic heterocycles. The summed E-state index contributed by atoms with van der Waals surface area (Å²) in [6, 6.07) is 0. The zero-order valence-electron chi connectivity index (χ0n) is 47.4. The molecule has 0 aromatic carbocycles. The largest absolute Gasteiger partial charge is 0.479 e. The van der Waals surface area contributed by atoms with E-state index in [0.717, 1.165) is 24.8 Å². The molecule has 6 atom stereocenters. The Labute approximate surface area is 482 Å². The molecule has 0 spiro atoms. The van der Waals surface area contributed by atoms with Crippen molar-refractivity contribution in [2.45, 2.75) is 99.2 Å². The fraction of sp³-hybridized carbons (Fsp3) is 0.600. The lowest BCUT2D eigenvalue weighted by Crippen LogP contribution is -2.51. The van der Waals surface area contributed by atoms with Gasteiger partial charge in [-0.25, -0.2) is 45.6 Å². The van der Waals surface area contributed by atoms with Gasteiger partial charge in [-0.3, -0.25) is 9.13 Å². The van der Waals surface area contributed by atoms with Gasteiger partial charge in [0.2, 0.25) is 35.4 Å². The lowest BCUT2D eigenvalue weighted by atomic mass is 10.1. The van der Waals surface area contributed by atoms with Crippen LogP contribution in [0.1, 0.15) is 76.0 Å². The van der Waals surface area contributed by atoms with Crippen LogP contribution in [0.2, 0.25) is 0 Å². The topological polar surface area (TPSA) is 332 Å². The summed E-state index contributed by atoms with van der Waals surface area (Å²) in [5, 5.41) is 15.4. The first-order chi connectivity index (χ1) is 40.4. The summed E-state index contributed by atoms with van der Waals surface area (Å²) in [7, 11) is -2.12. The van der Waals surface area contributed by atoms with Gasteiger partial charge in [0, 0.05) is 26.2 Å². The quantitative estimate of drug-likeness (QED) is 0.106. The predicted octanol–water partition coefficient (Wildman–Crippen LogP) is 2.16. The molecule has 0 unspecified atom stereocenters. The number of nitrogens with zero attached hydrogens (tertiary/aromatic N) is 16. The van der Waals surface area contributed by atoms with Crippen LogP contribution >= 0.6 is 0 Å². The Hall–Kier alpha value is -7.08. The molecule has 34 heteroatoms. The SMILES string of the molecule is COc1ncnc(OC)c1-n1c(CS(=O)(=O)[C@@H]2C[C@H](OC(C)C)CN(c3ncc(F)cn3)C2)nnc1[C@@H]1COCCO1.COc1ncnc(OC)c1-n1c(CS(=O)(=O)[C@@H]2C[C@H](OC(C)C)CN(c3ncc(F)cn3)C2)nnc1[C@H]1COCCO1. The second kappa shape index (κ2) is 27.3. The molecule has 0 aliphatic carbocycles. The number of methoxy groups -OCH3 is 4. The molecule has 4 saturated heterocycles. The Morgan fingerprint density at radius 1 is 0.524 bits per heavy atom. The van der Waals surface area contributed by atoms with Crippen molar-refractivity contribution in [1.29, 1.82) is 0 Å². The van der Waals surface area contributed by atoms with Gasteiger partial charge in [-0.2, -0.15) is 19.9 Å². The van der Waals surface area contributed by atoms with Crippen LogP contribution in [0, 0.1) is 11.6 Å². The summed E-state index contributed by atoms with van der Waals surface area (Å²) < 4.78 is 143. The van der Waals surface area contributed by atoms with Crippen molar-refractivity contribution >= 4 is 31.6 Å². The Morgan fingerprint density at radius 2 is 0.881 bits per heavy atom. The highest BCUT2D eigenvalue weighted by Crippen LogP contribution is 2.37. The van der Waals surface area contributed by atoms with Crippen LogP contribution in [0.25, 0.3) is 11.4 Å². The van der Waals surface area contributed by atoms with Gasteiger partial charge < -0.3 is 57.2 Å². The number of piperidine rings is 2. The minimum absolute atomic E-state index is 0.0770. The zero-order valence-corrected chi connectivity index (χ0v) is 49.1. The summed E-state index contributed by atoms with van der Waals surface area (Å²) in [5.74, 6) is -0.490. The molecule has 0 N–H and O–H groups in total. The van der Waals surface area contributed by atoms with Crippen molar-refractivity contribution in [2.24, 2.45) is 0 Å². The normalized spacial score (nSPS) is 21.5. The van der Waals surface area contributed by atoms with Crippen LogP contribution in [-0.2, 0) is 59.6 Å². The number of halogens is 2. The van der Waals surface area contributed by atoms with Gasteiger partial charge in [0.1, 0.15) is 36.4 Å². The maximum Gasteiger partial charge on any atom is 0.245 e. The van der Waals surface area contributed by atoms with Crippen molar-refractivity contribution in [3.63, 3.8) is 0 Å². The monoisotopic (exact) mass is 1220 g/mol. The third-order valence-electron chi connectivity index (χ3n) is 13.6. The first-order valence-electron chi connectivity index (χ1n) is 26.7. The second-order valence-corrected chi connectivity index (χ2v) is 24.7. The summed E-state index contributed by atoms with van der Waals surface area (Å²) in [5.41, 5.74) is 0.459. The highest BCUT2D eigenvalue weighted by molar-refractivity contribution is 7.91. The van der Waals surface area contributed by atoms with Gasteiger partial charge >= 0.3 is 0 Å². The van der Waals surface area contributed by atoms with Crippen LogP contribution in [-0.4, -0.2) is 215 Å². The third-order valence-corrected chi connectivity index (χ3v) is 17.6. The number of anilines is 2. The molecule has 0 radical (unpaired) electrons. The van der Waals surface area contributed by atoms with Gasteiger partial charge in [-0.1, -0.05) is 0 Å². The predicted molar refractivity (Wildman–Crippen MR) is 290 cm³/mol. The molecule has 10 heterocycles. The molecule has 0 bridgehead atoms. The second-order valence-electron chi connectivity index (χ2n) is 20.1. The number of sulfone groups is 2. The lowest BCUT2D eigenvalue weighted by Gasteiger charge is -2.38. The molecule has 84 heavy (non-hydrogen) atoms. The number of aromatic nitrogens is 14. The fourth-order valence-corrected chi connectivity index (χ4v) is 13.5. The van der Waals surface area contributed by atoms with E-state index in [9.17, 15) is 25.6 Å². The van der Waals surface area contributed by atoms with Crippen molar-refractivity contribution in [3.8, 4) is 34.9 Å². The molecule has 0 amide bonds. The molecule has 10 rings (SSSR count). The first-order valence-corrected chi connectivity index (χ1v) is 30.2. The minimum atomic E-state index is -3.91. The molecular formula is C50H66F2N16O14S2. The van der Waals surface area contributed by atoms with E-state index in [4.69, 9.17) is 47.4 Å². The van der Waals surface area contributed by atoms with Crippen molar-refractivity contribution < 1.29 is 73.0 Å². The van der Waals surface area contributed by atoms with Crippen LogP contribution in [0.15, 0.2) is 37.4 Å². The van der Waals surface area contributed by atoms with Crippen LogP contribution < -0.4 is 28.7 Å². The molecule has 456 valence electrons. The molecule has 4 fully saturated rings. The zero-order chi connectivity index (χ0) is 59.7. The van der Waals surface area contributed by atoms with E-state index in [0.29, 0.717) is 39.5 Å². The average molecular weight is 1220 g/mol. The Morgan fingerprint density at radius 3 is 1.19 bits per heavy atom. The van der Waals surface area contributed by atoms with Crippen molar-refractivity contribution in [3.05, 3.63) is 72.4 Å². The Kier molecular flexibility index (Phi) is 20.0. The van der Waals surface area contributed by atoms with E-state index in [1.54, 1.807) is 9.80 Å². The van der Waals surface area contributed by atoms with Crippen LogP contribution in [0.5, 0.6) is 23.5 Å². The Bertz CT molecular complexity index is 3110. The van der Waals surface area contributed by atoms with E-state index >= 15 is 0 Å². The van der Waals surface area contributed by atoms with E-state index < -0.39 is 77.7 Å². The molecule has 4 aliphatic rings. The highest BCUT2D eigenvalue weighted by Gasteiger charge is 2.42. The van der Waals surface area contributed by atoms with Crippen LogP contribution in [0.3, 0.4) is 0 Å². The van der Waals surface area contributed by atoms with E-state index in [1.165, 1.54) is 50.2 Å². The summed E-state index contributed by atoms with van der Waals surface area (Å²) in [4.78, 5) is 36.4. The molecular weight excluding hydrogens is 1150 g/mol. The summed E-state index contributed by atoms with van der Waals surface area (Å²) in [6.07, 6.45) is 4.75. The van der Waals surface area contributed by atoms with Crippen molar-refractivity contribution in [1.82, 2.24) is 69.4 Å². The highest BCUT2D eigenvalue weighted by atomic mass is 32.2. The third kappa shape index (κ3) is 14.3. The number of hydrogen-bond acceptors (Lipinski definition) is 28. The summed E-state index contributed by atoms with van der Waals surface area (Å²) >= 11 is 0. The van der Waals surface area contributed by atoms with E-state index in [-0.39, 0.29) is 121 Å². The lowest BCUT2D eigenvalue weighted by molar-refractivity contribution is -0.0942. The summed E-state index contributed by atoms with van der Waals surface area (Å²) in [6.45, 7) is 10.2. The van der Waals surface area contributed by atoms with Gasteiger partial charge in [0.05, 0.1) is 128 Å². The molecule has 6 aromatic rings.